The average molecular weight is 269 g/mol. The Kier molecular flexibility index (Phi) is 4.35. The number of amides is 1. The maximum atomic E-state index is 12.0. The predicted molar refractivity (Wildman–Crippen MR) is 79.1 cm³/mol. The van der Waals surface area contributed by atoms with Crippen LogP contribution in [0.4, 0.5) is 0 Å². The van der Waals surface area contributed by atoms with Crippen molar-refractivity contribution in [1.82, 2.24) is 14.9 Å². The van der Waals surface area contributed by atoms with Gasteiger partial charge in [-0.1, -0.05) is 35.9 Å². The zero-order valence-corrected chi connectivity index (χ0v) is 12.0. The molecule has 0 aliphatic heterocycles. The van der Waals surface area contributed by atoms with Crippen LogP contribution in [0.5, 0.6) is 0 Å². The molecule has 0 saturated carbocycles. The van der Waals surface area contributed by atoms with E-state index in [9.17, 15) is 4.79 Å². The van der Waals surface area contributed by atoms with Crippen molar-refractivity contribution >= 4 is 5.91 Å². The van der Waals surface area contributed by atoms with Crippen LogP contribution in [0, 0.1) is 0 Å². The minimum atomic E-state index is -0.251. The molecule has 1 heterocycles. The molecule has 0 spiro atoms. The fourth-order valence-corrected chi connectivity index (χ4v) is 2.04. The molecule has 0 bridgehead atoms. The number of allylic oxidation sites excluding steroid dienone is 1. The van der Waals surface area contributed by atoms with Crippen molar-refractivity contribution < 1.29 is 4.79 Å². The highest BCUT2D eigenvalue weighted by Crippen LogP contribution is 2.20. The number of aromatic nitrogens is 2. The van der Waals surface area contributed by atoms with Gasteiger partial charge in [-0.25, -0.2) is 4.98 Å². The minimum Gasteiger partial charge on any atom is -0.339 e. The van der Waals surface area contributed by atoms with Gasteiger partial charge in [-0.15, -0.1) is 0 Å². The van der Waals surface area contributed by atoms with E-state index in [0.717, 1.165) is 17.0 Å². The molecule has 0 radical (unpaired) electrons. The second-order valence-electron chi connectivity index (χ2n) is 4.97. The van der Waals surface area contributed by atoms with Crippen LogP contribution in [0.1, 0.15) is 31.3 Å². The van der Waals surface area contributed by atoms with E-state index in [-0.39, 0.29) is 11.9 Å². The summed E-state index contributed by atoms with van der Waals surface area (Å²) in [5.41, 5.74) is 1.98. The Labute approximate surface area is 119 Å². The lowest BCUT2D eigenvalue weighted by Crippen LogP contribution is -2.29. The summed E-state index contributed by atoms with van der Waals surface area (Å²) in [6.07, 6.45) is 5.20. The first-order valence-corrected chi connectivity index (χ1v) is 6.55. The fraction of sp³-hybridized carbons (Fsp3) is 0.250. The molecule has 1 aromatic heterocycles. The third-order valence-electron chi connectivity index (χ3n) is 2.96. The molecule has 1 N–H and O–H groups in total. The first-order chi connectivity index (χ1) is 9.58. The molecule has 1 amide bonds. The molecule has 4 nitrogen and oxygen atoms in total. The Morgan fingerprint density at radius 3 is 2.55 bits per heavy atom. The predicted octanol–water partition coefficient (Wildman–Crippen LogP) is 2.59. The number of benzene rings is 1. The normalized spacial score (nSPS) is 11.8. The Morgan fingerprint density at radius 1 is 1.30 bits per heavy atom. The zero-order valence-electron chi connectivity index (χ0n) is 12.0. The summed E-state index contributed by atoms with van der Waals surface area (Å²) >= 11 is 0. The summed E-state index contributed by atoms with van der Waals surface area (Å²) < 4.78 is 1.92. The lowest BCUT2D eigenvalue weighted by Gasteiger charge is -2.18. The van der Waals surface area contributed by atoms with Crippen LogP contribution >= 0.6 is 0 Å². The van der Waals surface area contributed by atoms with Crippen LogP contribution in [-0.2, 0) is 11.8 Å². The van der Waals surface area contributed by atoms with Gasteiger partial charge in [0.15, 0.2) is 0 Å². The first-order valence-electron chi connectivity index (χ1n) is 6.55. The van der Waals surface area contributed by atoms with Gasteiger partial charge in [0.05, 0.1) is 0 Å². The fourth-order valence-electron chi connectivity index (χ4n) is 2.04. The highest BCUT2D eigenvalue weighted by molar-refractivity contribution is 5.88. The Hall–Kier alpha value is -2.36. The van der Waals surface area contributed by atoms with E-state index in [2.05, 4.69) is 10.3 Å². The Morgan fingerprint density at radius 2 is 2.00 bits per heavy atom. The van der Waals surface area contributed by atoms with Crippen LogP contribution in [0.15, 0.2) is 54.4 Å². The molecule has 0 aliphatic carbocycles. The molecule has 4 heteroatoms. The van der Waals surface area contributed by atoms with Crippen LogP contribution in [0.25, 0.3) is 0 Å². The molecule has 2 aromatic rings. The molecule has 0 saturated heterocycles. The van der Waals surface area contributed by atoms with Crippen molar-refractivity contribution in [3.63, 3.8) is 0 Å². The van der Waals surface area contributed by atoms with Gasteiger partial charge >= 0.3 is 0 Å². The van der Waals surface area contributed by atoms with Gasteiger partial charge in [0.2, 0.25) is 5.91 Å². The summed E-state index contributed by atoms with van der Waals surface area (Å²) in [4.78, 5) is 16.4. The van der Waals surface area contributed by atoms with E-state index < -0.39 is 0 Å². The second-order valence-corrected chi connectivity index (χ2v) is 4.97. The number of hydrogen-bond donors (Lipinski definition) is 1. The van der Waals surface area contributed by atoms with Crippen molar-refractivity contribution in [3.05, 3.63) is 65.8 Å². The highest BCUT2D eigenvalue weighted by Gasteiger charge is 2.19. The molecule has 1 unspecified atom stereocenters. The highest BCUT2D eigenvalue weighted by atomic mass is 16.1. The average Bonchev–Trinajstić information content (AvgIpc) is 2.82. The lowest BCUT2D eigenvalue weighted by molar-refractivity contribution is -0.117. The van der Waals surface area contributed by atoms with Crippen molar-refractivity contribution in [2.24, 2.45) is 7.05 Å². The molecule has 2 rings (SSSR count). The molecule has 104 valence electrons. The van der Waals surface area contributed by atoms with E-state index in [4.69, 9.17) is 0 Å². The third kappa shape index (κ3) is 3.35. The van der Waals surface area contributed by atoms with E-state index >= 15 is 0 Å². The summed E-state index contributed by atoms with van der Waals surface area (Å²) in [7, 11) is 1.92. The summed E-state index contributed by atoms with van der Waals surface area (Å²) in [6, 6.07) is 9.59. The monoisotopic (exact) mass is 269 g/mol. The maximum Gasteiger partial charge on any atom is 0.244 e. The van der Waals surface area contributed by atoms with E-state index in [1.54, 1.807) is 12.3 Å². The maximum absolute atomic E-state index is 12.0. The molecule has 0 fully saturated rings. The Bertz CT molecular complexity index is 610. The van der Waals surface area contributed by atoms with E-state index in [0.29, 0.717) is 0 Å². The number of carbonyl (C=O) groups is 1. The number of hydrogen-bond acceptors (Lipinski definition) is 2. The van der Waals surface area contributed by atoms with Gasteiger partial charge in [-0.3, -0.25) is 4.79 Å². The molecular weight excluding hydrogens is 250 g/mol. The van der Waals surface area contributed by atoms with Crippen LogP contribution in [-0.4, -0.2) is 15.5 Å². The van der Waals surface area contributed by atoms with Crippen LogP contribution in [0.3, 0.4) is 0 Å². The summed E-state index contributed by atoms with van der Waals surface area (Å²) in [6.45, 7) is 3.80. The van der Waals surface area contributed by atoms with Crippen molar-refractivity contribution in [3.8, 4) is 0 Å². The zero-order chi connectivity index (χ0) is 14.5. The molecule has 20 heavy (non-hydrogen) atoms. The first kappa shape index (κ1) is 14.1. The van der Waals surface area contributed by atoms with Gasteiger partial charge in [-0.2, -0.15) is 0 Å². The Balaban J connectivity index is 2.33. The van der Waals surface area contributed by atoms with Crippen molar-refractivity contribution in [1.29, 1.82) is 0 Å². The SMILES string of the molecule is CC(C)=CC(=O)NC(c1ccccc1)c1nccn1C. The quantitative estimate of drug-likeness (QED) is 0.867. The second kappa shape index (κ2) is 6.19. The lowest BCUT2D eigenvalue weighted by atomic mass is 10.1. The van der Waals surface area contributed by atoms with E-state index in [1.807, 2.05) is 62.0 Å². The summed E-state index contributed by atoms with van der Waals surface area (Å²) in [5, 5.41) is 3.01. The van der Waals surface area contributed by atoms with Gasteiger partial charge < -0.3 is 9.88 Å². The minimum absolute atomic E-state index is 0.109. The topological polar surface area (TPSA) is 46.9 Å². The van der Waals surface area contributed by atoms with Crippen LogP contribution < -0.4 is 5.32 Å². The van der Waals surface area contributed by atoms with Gasteiger partial charge in [0, 0.05) is 25.5 Å². The van der Waals surface area contributed by atoms with Gasteiger partial charge in [0.25, 0.3) is 0 Å². The number of rotatable bonds is 4. The number of aryl methyl sites for hydroxylation is 1. The molecule has 0 aliphatic rings. The number of nitrogens with zero attached hydrogens (tertiary/aromatic N) is 2. The molecular formula is C16H19N3O. The molecule has 1 aromatic carbocycles. The number of carbonyl (C=O) groups excluding carboxylic acids is 1. The largest absolute Gasteiger partial charge is 0.339 e. The third-order valence-corrected chi connectivity index (χ3v) is 2.96. The van der Waals surface area contributed by atoms with Crippen LogP contribution in [0.2, 0.25) is 0 Å². The summed E-state index contributed by atoms with van der Waals surface area (Å²) in [5.74, 6) is 0.702. The number of nitrogens with one attached hydrogen (secondary N) is 1. The standard InChI is InChI=1S/C16H19N3O/c1-12(2)11-14(20)18-15(13-7-5-4-6-8-13)16-17-9-10-19(16)3/h4-11,15H,1-3H3,(H,18,20). The smallest absolute Gasteiger partial charge is 0.244 e. The van der Waals surface area contributed by atoms with E-state index in [1.165, 1.54) is 0 Å². The van der Waals surface area contributed by atoms with Gasteiger partial charge in [-0.05, 0) is 19.4 Å². The van der Waals surface area contributed by atoms with Crippen molar-refractivity contribution in [2.45, 2.75) is 19.9 Å². The number of imidazole rings is 1. The van der Waals surface area contributed by atoms with Gasteiger partial charge in [0.1, 0.15) is 11.9 Å². The van der Waals surface area contributed by atoms with Crippen molar-refractivity contribution in [2.75, 3.05) is 0 Å². The molecule has 1 atom stereocenters.